The van der Waals surface area contributed by atoms with E-state index in [0.717, 1.165) is 12.1 Å². The zero-order valence-electron chi connectivity index (χ0n) is 7.44. The standard InChI is InChI=1S/C9H17N/c1-6-8(3)10(5)9(4)7-2/h7H,3,6H2,1-2,4-5H3/b9-7+. The van der Waals surface area contributed by atoms with E-state index < -0.39 is 0 Å². The largest absolute Gasteiger partial charge is 0.353 e. The van der Waals surface area contributed by atoms with Crippen LogP contribution in [0.25, 0.3) is 0 Å². The topological polar surface area (TPSA) is 3.24 Å². The maximum absolute atomic E-state index is 3.93. The van der Waals surface area contributed by atoms with E-state index in [0.29, 0.717) is 0 Å². The van der Waals surface area contributed by atoms with E-state index in [4.69, 9.17) is 0 Å². The fraction of sp³-hybridized carbons (Fsp3) is 0.556. The number of hydrogen-bond acceptors (Lipinski definition) is 1. The molecule has 10 heavy (non-hydrogen) atoms. The van der Waals surface area contributed by atoms with Crippen LogP contribution in [0.2, 0.25) is 0 Å². The van der Waals surface area contributed by atoms with Gasteiger partial charge in [-0.2, -0.15) is 0 Å². The Labute approximate surface area is 64.0 Å². The van der Waals surface area contributed by atoms with Crippen LogP contribution in [0, 0.1) is 0 Å². The molecule has 0 atom stereocenters. The first-order valence-corrected chi connectivity index (χ1v) is 3.67. The first-order chi connectivity index (χ1) is 4.63. The molecule has 1 heteroatoms. The van der Waals surface area contributed by atoms with Gasteiger partial charge in [-0.05, 0) is 20.3 Å². The average Bonchev–Trinajstić information content (AvgIpc) is 2.00. The predicted molar refractivity (Wildman–Crippen MR) is 46.6 cm³/mol. The van der Waals surface area contributed by atoms with Crippen LogP contribution in [0.5, 0.6) is 0 Å². The Bertz CT molecular complexity index is 145. The van der Waals surface area contributed by atoms with Gasteiger partial charge in [-0.1, -0.05) is 19.6 Å². The summed E-state index contributed by atoms with van der Waals surface area (Å²) in [6.45, 7) is 10.2. The Morgan fingerprint density at radius 2 is 2.10 bits per heavy atom. The molecule has 1 nitrogen and oxygen atoms in total. The van der Waals surface area contributed by atoms with Gasteiger partial charge in [0.1, 0.15) is 0 Å². The first kappa shape index (κ1) is 9.28. The van der Waals surface area contributed by atoms with Crippen molar-refractivity contribution in [3.63, 3.8) is 0 Å². The second-order valence-electron chi connectivity index (χ2n) is 2.41. The van der Waals surface area contributed by atoms with E-state index in [1.807, 2.05) is 14.0 Å². The van der Waals surface area contributed by atoms with Crippen LogP contribution < -0.4 is 0 Å². The molecule has 0 bridgehead atoms. The van der Waals surface area contributed by atoms with Crippen molar-refractivity contribution >= 4 is 0 Å². The fourth-order valence-electron chi connectivity index (χ4n) is 0.680. The summed E-state index contributed by atoms with van der Waals surface area (Å²) < 4.78 is 0. The van der Waals surface area contributed by atoms with Crippen LogP contribution in [-0.2, 0) is 0 Å². The second-order valence-corrected chi connectivity index (χ2v) is 2.41. The Kier molecular flexibility index (Phi) is 3.85. The van der Waals surface area contributed by atoms with E-state index in [1.165, 1.54) is 5.70 Å². The van der Waals surface area contributed by atoms with Crippen molar-refractivity contribution < 1.29 is 0 Å². The number of rotatable bonds is 3. The second kappa shape index (κ2) is 4.15. The van der Waals surface area contributed by atoms with E-state index in [-0.39, 0.29) is 0 Å². The normalized spacial score (nSPS) is 11.4. The monoisotopic (exact) mass is 139 g/mol. The highest BCUT2D eigenvalue weighted by atomic mass is 15.1. The first-order valence-electron chi connectivity index (χ1n) is 3.67. The molecule has 0 fully saturated rings. The smallest absolute Gasteiger partial charge is 0.0111 e. The number of nitrogens with zero attached hydrogens (tertiary/aromatic N) is 1. The van der Waals surface area contributed by atoms with Crippen molar-refractivity contribution in [1.29, 1.82) is 0 Å². The summed E-state index contributed by atoms with van der Waals surface area (Å²) in [5.41, 5.74) is 2.42. The minimum atomic E-state index is 1.02. The molecule has 0 saturated carbocycles. The van der Waals surface area contributed by atoms with Gasteiger partial charge in [-0.15, -0.1) is 0 Å². The molecular weight excluding hydrogens is 122 g/mol. The highest BCUT2D eigenvalue weighted by Crippen LogP contribution is 2.09. The van der Waals surface area contributed by atoms with Gasteiger partial charge in [-0.3, -0.25) is 0 Å². The third kappa shape index (κ3) is 2.26. The Morgan fingerprint density at radius 3 is 2.40 bits per heavy atom. The lowest BCUT2D eigenvalue weighted by atomic mass is 10.3. The summed E-state index contributed by atoms with van der Waals surface area (Å²) in [6, 6.07) is 0. The molecule has 0 unspecified atom stereocenters. The Morgan fingerprint density at radius 1 is 1.60 bits per heavy atom. The number of allylic oxidation sites excluding steroid dienone is 3. The van der Waals surface area contributed by atoms with Gasteiger partial charge in [0.2, 0.25) is 0 Å². The van der Waals surface area contributed by atoms with Crippen molar-refractivity contribution in [1.82, 2.24) is 4.90 Å². The Hall–Kier alpha value is -0.720. The highest BCUT2D eigenvalue weighted by molar-refractivity contribution is 5.05. The number of hydrogen-bond donors (Lipinski definition) is 0. The van der Waals surface area contributed by atoms with Crippen molar-refractivity contribution in [3.8, 4) is 0 Å². The highest BCUT2D eigenvalue weighted by Gasteiger charge is 1.98. The van der Waals surface area contributed by atoms with Gasteiger partial charge in [0.25, 0.3) is 0 Å². The third-order valence-electron chi connectivity index (χ3n) is 1.83. The molecule has 0 heterocycles. The quantitative estimate of drug-likeness (QED) is 0.581. The van der Waals surface area contributed by atoms with E-state index in [2.05, 4.69) is 31.4 Å². The maximum atomic E-state index is 3.93. The van der Waals surface area contributed by atoms with Crippen LogP contribution in [0.15, 0.2) is 24.0 Å². The lowest BCUT2D eigenvalue weighted by Crippen LogP contribution is -2.13. The van der Waals surface area contributed by atoms with E-state index in [1.54, 1.807) is 0 Å². The molecule has 0 rings (SSSR count). The van der Waals surface area contributed by atoms with Gasteiger partial charge in [0.05, 0.1) is 0 Å². The molecular formula is C9H17N. The maximum Gasteiger partial charge on any atom is 0.0111 e. The predicted octanol–water partition coefficient (Wildman–Crippen LogP) is 2.77. The lowest BCUT2D eigenvalue weighted by Gasteiger charge is -2.20. The molecule has 58 valence electrons. The van der Waals surface area contributed by atoms with Crippen molar-refractivity contribution in [2.24, 2.45) is 0 Å². The molecule has 0 aromatic heterocycles. The van der Waals surface area contributed by atoms with Gasteiger partial charge in [-0.25, -0.2) is 0 Å². The Balaban J connectivity index is 4.08. The van der Waals surface area contributed by atoms with Crippen LogP contribution in [0.1, 0.15) is 27.2 Å². The zero-order chi connectivity index (χ0) is 8.15. The van der Waals surface area contributed by atoms with Crippen LogP contribution >= 0.6 is 0 Å². The van der Waals surface area contributed by atoms with Crippen LogP contribution in [0.4, 0.5) is 0 Å². The summed E-state index contributed by atoms with van der Waals surface area (Å²) in [5, 5.41) is 0. The minimum Gasteiger partial charge on any atom is -0.353 e. The molecule has 0 aromatic rings. The average molecular weight is 139 g/mol. The van der Waals surface area contributed by atoms with Crippen molar-refractivity contribution in [2.45, 2.75) is 27.2 Å². The summed E-state index contributed by atoms with van der Waals surface area (Å²) in [6.07, 6.45) is 3.10. The molecule has 0 radical (unpaired) electrons. The molecule has 0 aliphatic rings. The van der Waals surface area contributed by atoms with Crippen LogP contribution in [0.3, 0.4) is 0 Å². The zero-order valence-corrected chi connectivity index (χ0v) is 7.44. The molecule has 0 N–H and O–H groups in total. The molecule has 0 aliphatic carbocycles. The van der Waals surface area contributed by atoms with Gasteiger partial charge < -0.3 is 4.90 Å². The lowest BCUT2D eigenvalue weighted by molar-refractivity contribution is 0.504. The van der Waals surface area contributed by atoms with E-state index >= 15 is 0 Å². The van der Waals surface area contributed by atoms with Gasteiger partial charge in [0.15, 0.2) is 0 Å². The summed E-state index contributed by atoms with van der Waals surface area (Å²) in [5.74, 6) is 0. The molecule has 0 amide bonds. The molecule has 0 saturated heterocycles. The summed E-state index contributed by atoms with van der Waals surface area (Å²) in [7, 11) is 2.04. The summed E-state index contributed by atoms with van der Waals surface area (Å²) >= 11 is 0. The SMILES string of the molecule is C=C(CC)N(C)/C(C)=C/C. The van der Waals surface area contributed by atoms with E-state index in [9.17, 15) is 0 Å². The third-order valence-corrected chi connectivity index (χ3v) is 1.83. The molecule has 0 aromatic carbocycles. The van der Waals surface area contributed by atoms with Crippen molar-refractivity contribution in [2.75, 3.05) is 7.05 Å². The summed E-state index contributed by atoms with van der Waals surface area (Å²) in [4.78, 5) is 2.11. The van der Waals surface area contributed by atoms with Gasteiger partial charge >= 0.3 is 0 Å². The van der Waals surface area contributed by atoms with Gasteiger partial charge in [0, 0.05) is 18.4 Å². The fourth-order valence-corrected chi connectivity index (χ4v) is 0.680. The minimum absolute atomic E-state index is 1.02. The van der Waals surface area contributed by atoms with Crippen LogP contribution in [-0.4, -0.2) is 11.9 Å². The molecule has 0 aliphatic heterocycles. The van der Waals surface area contributed by atoms with Crippen molar-refractivity contribution in [3.05, 3.63) is 24.0 Å². The molecule has 0 spiro atoms.